The van der Waals surface area contributed by atoms with E-state index in [4.69, 9.17) is 9.84 Å². The first kappa shape index (κ1) is 19.7. The third kappa shape index (κ3) is 5.73. The standard InChI is InChI=1S/C18H26N4O4/c1-14(23)21-9-11-22(12-10-21)18(19-8-3-13-26-2)20-16-6-4-15(5-7-16)17(24)25/h4-7H,3,8-13H2,1-2H3,(H,19,20)(H,24,25). The van der Waals surface area contributed by atoms with Crippen molar-refractivity contribution in [2.75, 3.05) is 51.8 Å². The maximum Gasteiger partial charge on any atom is 0.335 e. The molecule has 2 rings (SSSR count). The fourth-order valence-corrected chi connectivity index (χ4v) is 2.67. The molecule has 0 aliphatic carbocycles. The number of hydrogen-bond donors (Lipinski definition) is 2. The van der Waals surface area contributed by atoms with Crippen LogP contribution in [-0.4, -0.2) is 79.2 Å². The van der Waals surface area contributed by atoms with Crippen molar-refractivity contribution in [2.24, 2.45) is 4.99 Å². The van der Waals surface area contributed by atoms with Gasteiger partial charge in [-0.1, -0.05) is 0 Å². The van der Waals surface area contributed by atoms with E-state index in [1.54, 1.807) is 38.3 Å². The van der Waals surface area contributed by atoms with Gasteiger partial charge in [-0.15, -0.1) is 0 Å². The van der Waals surface area contributed by atoms with E-state index < -0.39 is 5.97 Å². The molecule has 1 aliphatic rings. The summed E-state index contributed by atoms with van der Waals surface area (Å²) in [6, 6.07) is 6.56. The molecule has 0 spiro atoms. The lowest BCUT2D eigenvalue weighted by Gasteiger charge is -2.36. The van der Waals surface area contributed by atoms with E-state index in [9.17, 15) is 9.59 Å². The molecule has 1 aliphatic heterocycles. The third-order valence-corrected chi connectivity index (χ3v) is 4.18. The van der Waals surface area contributed by atoms with Crippen LogP contribution >= 0.6 is 0 Å². The van der Waals surface area contributed by atoms with Crippen molar-refractivity contribution in [3.05, 3.63) is 29.8 Å². The van der Waals surface area contributed by atoms with E-state index in [1.807, 2.05) is 4.90 Å². The second kappa shape index (κ2) is 9.76. The Morgan fingerprint density at radius 3 is 2.31 bits per heavy atom. The van der Waals surface area contributed by atoms with E-state index >= 15 is 0 Å². The van der Waals surface area contributed by atoms with Crippen LogP contribution in [0.5, 0.6) is 0 Å². The van der Waals surface area contributed by atoms with E-state index in [0.717, 1.165) is 18.1 Å². The first-order valence-electron chi connectivity index (χ1n) is 8.65. The lowest BCUT2D eigenvalue weighted by molar-refractivity contribution is -0.130. The number of hydrogen-bond acceptors (Lipinski definition) is 4. The summed E-state index contributed by atoms with van der Waals surface area (Å²) in [5.74, 6) is -0.141. The van der Waals surface area contributed by atoms with Gasteiger partial charge in [0.2, 0.25) is 5.91 Å². The molecule has 0 radical (unpaired) electrons. The topological polar surface area (TPSA) is 94.5 Å². The van der Waals surface area contributed by atoms with Crippen LogP contribution in [0.2, 0.25) is 0 Å². The molecule has 1 heterocycles. The molecular weight excluding hydrogens is 336 g/mol. The van der Waals surface area contributed by atoms with Crippen LogP contribution in [0.3, 0.4) is 0 Å². The summed E-state index contributed by atoms with van der Waals surface area (Å²) in [5, 5.41) is 12.3. The zero-order valence-corrected chi connectivity index (χ0v) is 15.3. The van der Waals surface area contributed by atoms with E-state index in [0.29, 0.717) is 39.3 Å². The van der Waals surface area contributed by atoms with Crippen LogP contribution in [0, 0.1) is 0 Å². The van der Waals surface area contributed by atoms with Gasteiger partial charge in [-0.25, -0.2) is 4.79 Å². The molecule has 26 heavy (non-hydrogen) atoms. The number of benzene rings is 1. The second-order valence-corrected chi connectivity index (χ2v) is 6.05. The highest BCUT2D eigenvalue weighted by molar-refractivity contribution is 5.95. The van der Waals surface area contributed by atoms with Crippen LogP contribution in [0.4, 0.5) is 5.69 Å². The fourth-order valence-electron chi connectivity index (χ4n) is 2.67. The highest BCUT2D eigenvalue weighted by Gasteiger charge is 2.21. The Morgan fingerprint density at radius 1 is 1.15 bits per heavy atom. The highest BCUT2D eigenvalue weighted by atomic mass is 16.5. The van der Waals surface area contributed by atoms with Crippen LogP contribution in [0.1, 0.15) is 23.7 Å². The summed E-state index contributed by atoms with van der Waals surface area (Å²) in [4.78, 5) is 31.0. The minimum absolute atomic E-state index is 0.0838. The number of carboxylic acid groups (broad SMARTS) is 1. The van der Waals surface area contributed by atoms with Gasteiger partial charge in [-0.3, -0.25) is 9.79 Å². The quantitative estimate of drug-likeness (QED) is 0.451. The number of methoxy groups -OCH3 is 1. The van der Waals surface area contributed by atoms with Gasteiger partial charge in [0.1, 0.15) is 0 Å². The van der Waals surface area contributed by atoms with Gasteiger partial charge in [0.15, 0.2) is 5.96 Å². The third-order valence-electron chi connectivity index (χ3n) is 4.18. The smallest absolute Gasteiger partial charge is 0.335 e. The Kier molecular flexibility index (Phi) is 7.40. The molecule has 1 fully saturated rings. The highest BCUT2D eigenvalue weighted by Crippen LogP contribution is 2.12. The Morgan fingerprint density at radius 2 is 1.77 bits per heavy atom. The number of carbonyl (C=O) groups is 2. The van der Waals surface area contributed by atoms with Crippen LogP contribution in [-0.2, 0) is 9.53 Å². The minimum Gasteiger partial charge on any atom is -0.478 e. The van der Waals surface area contributed by atoms with Crippen molar-refractivity contribution in [1.82, 2.24) is 9.80 Å². The zero-order valence-electron chi connectivity index (χ0n) is 15.3. The average Bonchev–Trinajstić information content (AvgIpc) is 2.64. The largest absolute Gasteiger partial charge is 0.478 e. The number of piperazine rings is 1. The molecule has 1 saturated heterocycles. The maximum absolute atomic E-state index is 11.5. The number of nitrogens with one attached hydrogen (secondary N) is 1. The lowest BCUT2D eigenvalue weighted by Crippen LogP contribution is -2.51. The first-order valence-corrected chi connectivity index (χ1v) is 8.65. The molecule has 8 nitrogen and oxygen atoms in total. The fraction of sp³-hybridized carbons (Fsp3) is 0.500. The summed E-state index contributed by atoms with van der Waals surface area (Å²) in [5.41, 5.74) is 1.01. The zero-order chi connectivity index (χ0) is 18.9. The molecule has 1 aromatic carbocycles. The van der Waals surface area contributed by atoms with Crippen molar-refractivity contribution >= 4 is 23.5 Å². The predicted octanol–water partition coefficient (Wildman–Crippen LogP) is 1.35. The monoisotopic (exact) mass is 362 g/mol. The SMILES string of the molecule is COCCCN=C(Nc1ccc(C(=O)O)cc1)N1CCN(C(C)=O)CC1. The molecule has 0 unspecified atom stereocenters. The molecule has 8 heteroatoms. The van der Waals surface area contributed by atoms with Crippen LogP contribution < -0.4 is 5.32 Å². The molecule has 0 aromatic heterocycles. The predicted molar refractivity (Wildman–Crippen MR) is 99.6 cm³/mol. The normalized spacial score (nSPS) is 15.1. The van der Waals surface area contributed by atoms with Gasteiger partial charge in [-0.2, -0.15) is 0 Å². The summed E-state index contributed by atoms with van der Waals surface area (Å²) in [7, 11) is 1.66. The Hall–Kier alpha value is -2.61. The van der Waals surface area contributed by atoms with Crippen molar-refractivity contribution in [2.45, 2.75) is 13.3 Å². The van der Waals surface area contributed by atoms with E-state index in [-0.39, 0.29) is 11.5 Å². The second-order valence-electron chi connectivity index (χ2n) is 6.05. The summed E-state index contributed by atoms with van der Waals surface area (Å²) in [6.07, 6.45) is 0.813. The van der Waals surface area contributed by atoms with Gasteiger partial charge >= 0.3 is 5.97 Å². The number of nitrogens with zero attached hydrogens (tertiary/aromatic N) is 3. The number of amides is 1. The molecule has 0 saturated carbocycles. The summed E-state index contributed by atoms with van der Waals surface area (Å²) in [6.45, 7) is 5.56. The summed E-state index contributed by atoms with van der Waals surface area (Å²) < 4.78 is 5.06. The number of carbonyl (C=O) groups excluding carboxylic acids is 1. The number of aliphatic imine (C=N–C) groups is 1. The minimum atomic E-state index is -0.953. The van der Waals surface area contributed by atoms with E-state index in [2.05, 4.69) is 15.2 Å². The molecule has 1 aromatic rings. The Bertz CT molecular complexity index is 637. The van der Waals surface area contributed by atoms with Gasteiger partial charge in [0, 0.05) is 59.1 Å². The first-order chi connectivity index (χ1) is 12.5. The number of aromatic carboxylic acids is 1. The number of ether oxygens (including phenoxy) is 1. The Balaban J connectivity index is 2.06. The number of guanidine groups is 1. The molecule has 1 amide bonds. The molecular formula is C18H26N4O4. The lowest BCUT2D eigenvalue weighted by atomic mass is 10.2. The van der Waals surface area contributed by atoms with Crippen molar-refractivity contribution in [3.8, 4) is 0 Å². The van der Waals surface area contributed by atoms with Crippen LogP contribution in [0.15, 0.2) is 29.3 Å². The molecule has 0 atom stereocenters. The molecule has 0 bridgehead atoms. The molecule has 142 valence electrons. The number of rotatable bonds is 6. The Labute approximate surface area is 153 Å². The summed E-state index contributed by atoms with van der Waals surface area (Å²) >= 11 is 0. The van der Waals surface area contributed by atoms with E-state index in [1.165, 1.54) is 0 Å². The van der Waals surface area contributed by atoms with Gasteiger partial charge in [0.05, 0.1) is 5.56 Å². The molecule has 2 N–H and O–H groups in total. The van der Waals surface area contributed by atoms with Crippen LogP contribution in [0.25, 0.3) is 0 Å². The van der Waals surface area contributed by atoms with Gasteiger partial charge in [-0.05, 0) is 30.7 Å². The van der Waals surface area contributed by atoms with Crippen molar-refractivity contribution < 1.29 is 19.4 Å². The number of carboxylic acids is 1. The van der Waals surface area contributed by atoms with Gasteiger partial charge < -0.3 is 25.0 Å². The van der Waals surface area contributed by atoms with Crippen molar-refractivity contribution in [3.63, 3.8) is 0 Å². The average molecular weight is 362 g/mol. The van der Waals surface area contributed by atoms with Gasteiger partial charge in [0.25, 0.3) is 0 Å². The van der Waals surface area contributed by atoms with Crippen molar-refractivity contribution in [1.29, 1.82) is 0 Å². The number of anilines is 1. The maximum atomic E-state index is 11.5.